The highest BCUT2D eigenvalue weighted by Gasteiger charge is 2.16. The van der Waals surface area contributed by atoms with E-state index in [9.17, 15) is 4.79 Å². The van der Waals surface area contributed by atoms with Crippen LogP contribution in [0.15, 0.2) is 12.3 Å². The second-order valence-corrected chi connectivity index (χ2v) is 5.55. The molecule has 0 aliphatic carbocycles. The molecule has 0 radical (unpaired) electrons. The van der Waals surface area contributed by atoms with Gasteiger partial charge in [-0.15, -0.1) is 0 Å². The quantitative estimate of drug-likeness (QED) is 0.915. The van der Waals surface area contributed by atoms with Crippen LogP contribution in [0.5, 0.6) is 0 Å². The van der Waals surface area contributed by atoms with Gasteiger partial charge in [0.1, 0.15) is 0 Å². The van der Waals surface area contributed by atoms with Crippen molar-refractivity contribution >= 4 is 16.9 Å². The molecule has 21 heavy (non-hydrogen) atoms. The standard InChI is InChI=1S/C15H22N4O2/c1-9(2)19-14-12(7-16-19)6-13(11(4)18-14)15(20)17-10(3)8-21-5/h6-7,9-10H,8H2,1-5H3,(H,17,20)/t10-/m1/s1. The highest BCUT2D eigenvalue weighted by Crippen LogP contribution is 2.19. The minimum atomic E-state index is -0.135. The van der Waals surface area contributed by atoms with Crippen molar-refractivity contribution in [2.45, 2.75) is 39.8 Å². The van der Waals surface area contributed by atoms with Crippen LogP contribution in [-0.2, 0) is 4.74 Å². The molecule has 0 fully saturated rings. The fourth-order valence-corrected chi connectivity index (χ4v) is 2.27. The van der Waals surface area contributed by atoms with E-state index in [0.717, 1.165) is 11.0 Å². The predicted molar refractivity (Wildman–Crippen MR) is 81.5 cm³/mol. The van der Waals surface area contributed by atoms with Gasteiger partial charge in [0.15, 0.2) is 5.65 Å². The largest absolute Gasteiger partial charge is 0.383 e. The minimum absolute atomic E-state index is 0.0454. The number of aryl methyl sites for hydroxylation is 1. The van der Waals surface area contributed by atoms with E-state index >= 15 is 0 Å². The predicted octanol–water partition coefficient (Wildman–Crippen LogP) is 2.09. The Morgan fingerprint density at radius 2 is 2.14 bits per heavy atom. The zero-order valence-corrected chi connectivity index (χ0v) is 13.2. The minimum Gasteiger partial charge on any atom is -0.383 e. The Kier molecular flexibility index (Phi) is 4.57. The van der Waals surface area contributed by atoms with E-state index in [1.807, 2.05) is 24.6 Å². The SMILES string of the molecule is COC[C@@H](C)NC(=O)c1cc2cnn(C(C)C)c2nc1C. The van der Waals surface area contributed by atoms with Crippen LogP contribution in [0.4, 0.5) is 0 Å². The lowest BCUT2D eigenvalue weighted by molar-refractivity contribution is 0.0904. The Bertz CT molecular complexity index is 648. The Labute approximate surface area is 124 Å². The molecule has 1 amide bonds. The van der Waals surface area contributed by atoms with Gasteiger partial charge in [-0.3, -0.25) is 4.79 Å². The number of nitrogens with zero attached hydrogens (tertiary/aromatic N) is 3. The van der Waals surface area contributed by atoms with Gasteiger partial charge < -0.3 is 10.1 Å². The maximum Gasteiger partial charge on any atom is 0.253 e. The molecule has 0 aliphatic heterocycles. The van der Waals surface area contributed by atoms with Gasteiger partial charge in [-0.25, -0.2) is 9.67 Å². The van der Waals surface area contributed by atoms with Crippen molar-refractivity contribution in [1.82, 2.24) is 20.1 Å². The summed E-state index contributed by atoms with van der Waals surface area (Å²) < 4.78 is 6.89. The molecular formula is C15H22N4O2. The van der Waals surface area contributed by atoms with Crippen molar-refractivity contribution in [1.29, 1.82) is 0 Å². The number of carbonyl (C=O) groups is 1. The molecule has 2 aromatic rings. The van der Waals surface area contributed by atoms with Gasteiger partial charge in [-0.2, -0.15) is 5.10 Å². The second kappa shape index (κ2) is 6.22. The first kappa shape index (κ1) is 15.4. The summed E-state index contributed by atoms with van der Waals surface area (Å²) in [6.07, 6.45) is 1.75. The van der Waals surface area contributed by atoms with Crippen LogP contribution in [-0.4, -0.2) is 40.4 Å². The van der Waals surface area contributed by atoms with Crippen LogP contribution in [0, 0.1) is 6.92 Å². The van der Waals surface area contributed by atoms with Gasteiger partial charge in [0.25, 0.3) is 5.91 Å². The topological polar surface area (TPSA) is 69.0 Å². The fraction of sp³-hybridized carbons (Fsp3) is 0.533. The summed E-state index contributed by atoms with van der Waals surface area (Å²) in [5.74, 6) is -0.135. The monoisotopic (exact) mass is 290 g/mol. The fourth-order valence-electron chi connectivity index (χ4n) is 2.27. The van der Waals surface area contributed by atoms with Crippen LogP contribution in [0.1, 0.15) is 42.9 Å². The van der Waals surface area contributed by atoms with E-state index in [0.29, 0.717) is 17.9 Å². The zero-order chi connectivity index (χ0) is 15.6. The lowest BCUT2D eigenvalue weighted by Crippen LogP contribution is -2.36. The molecule has 6 nitrogen and oxygen atoms in total. The normalized spacial score (nSPS) is 12.9. The van der Waals surface area contributed by atoms with Crippen molar-refractivity contribution in [2.24, 2.45) is 0 Å². The van der Waals surface area contributed by atoms with Crippen molar-refractivity contribution in [3.8, 4) is 0 Å². The summed E-state index contributed by atoms with van der Waals surface area (Å²) in [6, 6.07) is 2.03. The smallest absolute Gasteiger partial charge is 0.253 e. The summed E-state index contributed by atoms with van der Waals surface area (Å²) >= 11 is 0. The maximum absolute atomic E-state index is 12.3. The number of fused-ring (bicyclic) bond motifs is 1. The van der Waals surface area contributed by atoms with Gasteiger partial charge in [0.2, 0.25) is 0 Å². The highest BCUT2D eigenvalue weighted by atomic mass is 16.5. The molecule has 1 N–H and O–H groups in total. The Morgan fingerprint density at radius 1 is 1.43 bits per heavy atom. The molecule has 2 heterocycles. The molecule has 2 aromatic heterocycles. The summed E-state index contributed by atoms with van der Waals surface area (Å²) in [7, 11) is 1.61. The number of pyridine rings is 1. The first-order valence-electron chi connectivity index (χ1n) is 7.08. The number of methoxy groups -OCH3 is 1. The van der Waals surface area contributed by atoms with E-state index in [1.54, 1.807) is 13.3 Å². The molecule has 1 atom stereocenters. The number of nitrogens with one attached hydrogen (secondary N) is 1. The first-order chi connectivity index (χ1) is 9.93. The van der Waals surface area contributed by atoms with Crippen molar-refractivity contribution < 1.29 is 9.53 Å². The third-order valence-corrected chi connectivity index (χ3v) is 3.29. The third kappa shape index (κ3) is 3.21. The number of hydrogen-bond donors (Lipinski definition) is 1. The third-order valence-electron chi connectivity index (χ3n) is 3.29. The van der Waals surface area contributed by atoms with E-state index in [4.69, 9.17) is 4.74 Å². The number of carbonyl (C=O) groups excluding carboxylic acids is 1. The summed E-state index contributed by atoms with van der Waals surface area (Å²) in [5.41, 5.74) is 2.09. The van der Waals surface area contributed by atoms with Gasteiger partial charge in [0, 0.05) is 24.6 Å². The lowest BCUT2D eigenvalue weighted by Gasteiger charge is -2.14. The highest BCUT2D eigenvalue weighted by molar-refractivity contribution is 5.98. The van der Waals surface area contributed by atoms with E-state index in [-0.39, 0.29) is 18.0 Å². The Morgan fingerprint density at radius 3 is 2.76 bits per heavy atom. The number of hydrogen-bond acceptors (Lipinski definition) is 4. The van der Waals surface area contributed by atoms with Crippen molar-refractivity contribution in [3.63, 3.8) is 0 Å². The van der Waals surface area contributed by atoms with Crippen molar-refractivity contribution in [3.05, 3.63) is 23.5 Å². The van der Waals surface area contributed by atoms with Crippen LogP contribution in [0.2, 0.25) is 0 Å². The average Bonchev–Trinajstić information content (AvgIpc) is 2.80. The molecular weight excluding hydrogens is 268 g/mol. The summed E-state index contributed by atoms with van der Waals surface area (Å²) in [6.45, 7) is 8.32. The van der Waals surface area contributed by atoms with E-state index in [1.165, 1.54) is 0 Å². The van der Waals surface area contributed by atoms with Crippen LogP contribution in [0.3, 0.4) is 0 Å². The number of aromatic nitrogens is 3. The van der Waals surface area contributed by atoms with Gasteiger partial charge in [-0.1, -0.05) is 0 Å². The molecule has 0 spiro atoms. The lowest BCUT2D eigenvalue weighted by atomic mass is 10.1. The van der Waals surface area contributed by atoms with E-state index < -0.39 is 0 Å². The Hall–Kier alpha value is -1.95. The molecule has 114 valence electrons. The molecule has 0 bridgehead atoms. The molecule has 2 rings (SSSR count). The average molecular weight is 290 g/mol. The summed E-state index contributed by atoms with van der Waals surface area (Å²) in [5, 5.41) is 8.10. The number of rotatable bonds is 5. The van der Waals surface area contributed by atoms with Gasteiger partial charge in [-0.05, 0) is 33.8 Å². The van der Waals surface area contributed by atoms with Gasteiger partial charge >= 0.3 is 0 Å². The van der Waals surface area contributed by atoms with Crippen molar-refractivity contribution in [2.75, 3.05) is 13.7 Å². The number of ether oxygens (including phenoxy) is 1. The summed E-state index contributed by atoms with van der Waals surface area (Å²) in [4.78, 5) is 16.8. The van der Waals surface area contributed by atoms with Crippen LogP contribution < -0.4 is 5.32 Å². The molecule has 0 saturated heterocycles. The van der Waals surface area contributed by atoms with Crippen LogP contribution >= 0.6 is 0 Å². The molecule has 0 aromatic carbocycles. The van der Waals surface area contributed by atoms with Gasteiger partial charge in [0.05, 0.1) is 24.1 Å². The molecule has 6 heteroatoms. The number of amides is 1. The zero-order valence-electron chi connectivity index (χ0n) is 13.2. The molecule has 0 unspecified atom stereocenters. The molecule has 0 aliphatic rings. The maximum atomic E-state index is 12.3. The first-order valence-corrected chi connectivity index (χ1v) is 7.08. The van der Waals surface area contributed by atoms with Crippen LogP contribution in [0.25, 0.3) is 11.0 Å². The van der Waals surface area contributed by atoms with E-state index in [2.05, 4.69) is 29.2 Å². The Balaban J connectivity index is 2.33. The molecule has 0 saturated carbocycles. The second-order valence-electron chi connectivity index (χ2n) is 5.55.